The number of hydrogen-bond acceptors (Lipinski definition) is 4. The molecule has 1 saturated carbocycles. The monoisotopic (exact) mass is 788 g/mol. The number of rotatable bonds is 4. The lowest BCUT2D eigenvalue weighted by atomic mass is 10.1. The molecule has 1 aromatic carbocycles. The van der Waals surface area contributed by atoms with Crippen molar-refractivity contribution in [2.75, 3.05) is 0 Å². The van der Waals surface area contributed by atoms with E-state index in [2.05, 4.69) is 22.6 Å². The molecule has 0 saturated heterocycles. The first-order valence-electron chi connectivity index (χ1n) is 6.64. The Labute approximate surface area is 189 Å². The standard InChI is InChI=1S/C13H12I4O5S/c14-9-7(5-8(18)22-6-3-1-2-4-6)13(23(19,20)21)12(17)11(16)10(9)15/h6H,1-5H2,(H,19,20,21). The van der Waals surface area contributed by atoms with Crippen molar-refractivity contribution in [3.05, 3.63) is 19.8 Å². The van der Waals surface area contributed by atoms with Gasteiger partial charge in [0.1, 0.15) is 11.0 Å². The van der Waals surface area contributed by atoms with Gasteiger partial charge in [-0.2, -0.15) is 8.42 Å². The fourth-order valence-corrected chi connectivity index (χ4v) is 7.97. The summed E-state index contributed by atoms with van der Waals surface area (Å²) in [5.41, 5.74) is 0.310. The summed E-state index contributed by atoms with van der Waals surface area (Å²) in [6.45, 7) is 0. The lowest BCUT2D eigenvalue weighted by Gasteiger charge is -2.16. The van der Waals surface area contributed by atoms with Crippen molar-refractivity contribution >= 4 is 106 Å². The summed E-state index contributed by atoms with van der Waals surface area (Å²) < 4.78 is 41.3. The quantitative estimate of drug-likeness (QED) is 0.161. The van der Waals surface area contributed by atoms with Gasteiger partial charge in [-0.05, 0) is 122 Å². The van der Waals surface area contributed by atoms with Crippen LogP contribution in [0, 0.1) is 14.3 Å². The molecule has 0 aromatic heterocycles. The van der Waals surface area contributed by atoms with Crippen LogP contribution in [-0.2, 0) is 26.1 Å². The summed E-state index contributed by atoms with van der Waals surface area (Å²) in [5.74, 6) is -0.451. The summed E-state index contributed by atoms with van der Waals surface area (Å²) in [6.07, 6.45) is 3.57. The summed E-state index contributed by atoms with van der Waals surface area (Å²) in [5, 5.41) is 0. The Balaban J connectivity index is 2.42. The van der Waals surface area contributed by atoms with Gasteiger partial charge in [0, 0.05) is 14.3 Å². The van der Waals surface area contributed by atoms with E-state index >= 15 is 0 Å². The van der Waals surface area contributed by atoms with Crippen molar-refractivity contribution in [2.24, 2.45) is 0 Å². The van der Waals surface area contributed by atoms with E-state index in [4.69, 9.17) is 4.74 Å². The maximum Gasteiger partial charge on any atom is 0.310 e. The Kier molecular flexibility index (Phi) is 7.67. The van der Waals surface area contributed by atoms with Crippen LogP contribution in [-0.4, -0.2) is 25.0 Å². The molecular weight excluding hydrogens is 776 g/mol. The zero-order valence-corrected chi connectivity index (χ0v) is 21.1. The lowest BCUT2D eigenvalue weighted by Crippen LogP contribution is -2.20. The molecule has 1 N–H and O–H groups in total. The molecule has 0 amide bonds. The van der Waals surface area contributed by atoms with Gasteiger partial charge in [0.05, 0.1) is 6.42 Å². The molecule has 0 radical (unpaired) electrons. The molecule has 0 bridgehead atoms. The number of carbonyl (C=O) groups excluding carboxylic acids is 1. The van der Waals surface area contributed by atoms with Crippen molar-refractivity contribution in [1.29, 1.82) is 0 Å². The van der Waals surface area contributed by atoms with E-state index in [1.54, 1.807) is 0 Å². The number of halogens is 4. The van der Waals surface area contributed by atoms with Crippen LogP contribution in [0.5, 0.6) is 0 Å². The smallest absolute Gasteiger partial charge is 0.310 e. The van der Waals surface area contributed by atoms with Gasteiger partial charge in [-0.25, -0.2) is 0 Å². The zero-order chi connectivity index (χ0) is 17.4. The predicted octanol–water partition coefficient (Wildman–Crippen LogP) is 4.38. The molecule has 0 aliphatic heterocycles. The second-order valence-electron chi connectivity index (χ2n) is 5.11. The Morgan fingerprint density at radius 3 is 2.09 bits per heavy atom. The minimum atomic E-state index is -4.43. The number of carbonyl (C=O) groups is 1. The molecule has 1 aliphatic rings. The second kappa shape index (κ2) is 8.47. The van der Waals surface area contributed by atoms with E-state index in [0.29, 0.717) is 12.7 Å². The molecule has 0 atom stereocenters. The van der Waals surface area contributed by atoms with Crippen LogP contribution in [0.3, 0.4) is 0 Å². The topological polar surface area (TPSA) is 80.7 Å². The molecule has 1 fully saturated rings. The van der Waals surface area contributed by atoms with Crippen LogP contribution < -0.4 is 0 Å². The molecule has 10 heteroatoms. The van der Waals surface area contributed by atoms with E-state index in [0.717, 1.165) is 32.8 Å². The summed E-state index contributed by atoms with van der Waals surface area (Å²) >= 11 is 8.05. The van der Waals surface area contributed by atoms with E-state index in [9.17, 15) is 17.8 Å². The molecule has 0 spiro atoms. The van der Waals surface area contributed by atoms with E-state index in [1.165, 1.54) is 0 Å². The Bertz CT molecular complexity index is 741. The van der Waals surface area contributed by atoms with Gasteiger partial charge >= 0.3 is 5.97 Å². The first kappa shape index (κ1) is 20.8. The Morgan fingerprint density at radius 2 is 1.57 bits per heavy atom. The molecule has 23 heavy (non-hydrogen) atoms. The van der Waals surface area contributed by atoms with Gasteiger partial charge in [0.15, 0.2) is 0 Å². The number of hydrogen-bond donors (Lipinski definition) is 1. The van der Waals surface area contributed by atoms with Crippen LogP contribution in [0.4, 0.5) is 0 Å². The number of ether oxygens (including phenoxy) is 1. The largest absolute Gasteiger partial charge is 0.462 e. The van der Waals surface area contributed by atoms with Crippen LogP contribution in [0.1, 0.15) is 31.2 Å². The average Bonchev–Trinajstić information content (AvgIpc) is 2.93. The highest BCUT2D eigenvalue weighted by Crippen LogP contribution is 2.36. The highest BCUT2D eigenvalue weighted by atomic mass is 127. The summed E-state index contributed by atoms with van der Waals surface area (Å²) in [6, 6.07) is 0. The highest BCUT2D eigenvalue weighted by Gasteiger charge is 2.29. The minimum Gasteiger partial charge on any atom is -0.462 e. The first-order chi connectivity index (χ1) is 10.6. The van der Waals surface area contributed by atoms with Crippen molar-refractivity contribution in [3.8, 4) is 0 Å². The Morgan fingerprint density at radius 1 is 1.04 bits per heavy atom. The van der Waals surface area contributed by atoms with Crippen molar-refractivity contribution in [1.82, 2.24) is 0 Å². The molecule has 0 unspecified atom stereocenters. The molecule has 5 nitrogen and oxygen atoms in total. The van der Waals surface area contributed by atoms with Gasteiger partial charge in [-0.3, -0.25) is 9.35 Å². The highest BCUT2D eigenvalue weighted by molar-refractivity contribution is 14.1. The van der Waals surface area contributed by atoms with Crippen molar-refractivity contribution in [2.45, 2.75) is 43.1 Å². The SMILES string of the molecule is O=C(Cc1c(I)c(I)c(I)c(I)c1S(=O)(=O)O)OC1CCCC1. The molecule has 128 valence electrons. The summed E-state index contributed by atoms with van der Waals surface area (Å²) in [4.78, 5) is 12.0. The molecule has 1 aliphatic carbocycles. The van der Waals surface area contributed by atoms with Crippen LogP contribution in [0.25, 0.3) is 0 Å². The third-order valence-electron chi connectivity index (χ3n) is 3.50. The van der Waals surface area contributed by atoms with Gasteiger partial charge in [0.25, 0.3) is 10.1 Å². The third kappa shape index (κ3) is 5.03. The van der Waals surface area contributed by atoms with Crippen LogP contribution in [0.2, 0.25) is 0 Å². The van der Waals surface area contributed by atoms with Crippen LogP contribution >= 0.6 is 90.4 Å². The predicted molar refractivity (Wildman–Crippen MR) is 119 cm³/mol. The zero-order valence-electron chi connectivity index (χ0n) is 11.6. The second-order valence-corrected chi connectivity index (χ2v) is 10.8. The van der Waals surface area contributed by atoms with Crippen molar-refractivity contribution < 1.29 is 22.5 Å². The fourth-order valence-electron chi connectivity index (χ4n) is 2.46. The molecular formula is C13H12I4O5S. The molecule has 0 heterocycles. The maximum absolute atomic E-state index is 12.2. The van der Waals surface area contributed by atoms with Crippen molar-refractivity contribution in [3.63, 3.8) is 0 Å². The molecule has 1 aromatic rings. The summed E-state index contributed by atoms with van der Waals surface area (Å²) in [7, 11) is -4.43. The van der Waals surface area contributed by atoms with Crippen LogP contribution in [0.15, 0.2) is 4.90 Å². The minimum absolute atomic E-state index is 0.0728. The first-order valence-corrected chi connectivity index (χ1v) is 12.4. The third-order valence-corrected chi connectivity index (χ3v) is 12.4. The number of benzene rings is 1. The average molecular weight is 788 g/mol. The van der Waals surface area contributed by atoms with E-state index in [1.807, 2.05) is 67.8 Å². The normalized spacial score (nSPS) is 15.9. The lowest BCUT2D eigenvalue weighted by molar-refractivity contribution is -0.147. The van der Waals surface area contributed by atoms with E-state index in [-0.39, 0.29) is 17.4 Å². The van der Waals surface area contributed by atoms with Gasteiger partial charge in [-0.1, -0.05) is 0 Å². The van der Waals surface area contributed by atoms with Gasteiger partial charge in [-0.15, -0.1) is 0 Å². The maximum atomic E-state index is 12.2. The molecule has 2 rings (SSSR count). The Hall–Kier alpha value is 1.52. The number of esters is 1. The fraction of sp³-hybridized carbons (Fsp3) is 0.462. The van der Waals surface area contributed by atoms with E-state index < -0.39 is 16.1 Å². The van der Waals surface area contributed by atoms with Gasteiger partial charge < -0.3 is 4.74 Å². The van der Waals surface area contributed by atoms with Gasteiger partial charge in [0.2, 0.25) is 0 Å².